The second-order valence-corrected chi connectivity index (χ2v) is 6.70. The molecule has 23 heavy (non-hydrogen) atoms. The molecule has 0 unspecified atom stereocenters. The van der Waals surface area contributed by atoms with E-state index in [1.165, 1.54) is 0 Å². The highest BCUT2D eigenvalue weighted by Gasteiger charge is 2.35. The number of nitrogens with one attached hydrogen (secondary N) is 1. The van der Waals surface area contributed by atoms with E-state index >= 15 is 0 Å². The van der Waals surface area contributed by atoms with Crippen LogP contribution in [0, 0.1) is 5.92 Å². The van der Waals surface area contributed by atoms with Crippen molar-refractivity contribution in [2.45, 2.75) is 32.3 Å². The Labute approximate surface area is 136 Å². The predicted octanol–water partition coefficient (Wildman–Crippen LogP) is 3.48. The van der Waals surface area contributed by atoms with Gasteiger partial charge in [-0.05, 0) is 56.6 Å². The van der Waals surface area contributed by atoms with Gasteiger partial charge in [-0.15, -0.1) is 0 Å². The monoisotopic (exact) mass is 313 g/mol. The summed E-state index contributed by atoms with van der Waals surface area (Å²) in [5.41, 5.74) is -0.298. The summed E-state index contributed by atoms with van der Waals surface area (Å²) >= 11 is 0. The number of ether oxygens (including phenoxy) is 1. The van der Waals surface area contributed by atoms with E-state index in [2.05, 4.69) is 5.32 Å². The fourth-order valence-electron chi connectivity index (χ4n) is 3.36. The van der Waals surface area contributed by atoms with Gasteiger partial charge in [-0.3, -0.25) is 0 Å². The smallest absolute Gasteiger partial charge is 0.343 e. The normalized spacial score (nSPS) is 16.4. The minimum Gasteiger partial charge on any atom is -0.507 e. The molecule has 0 aromatic heterocycles. The molecule has 4 nitrogen and oxygen atoms in total. The Kier molecular flexibility index (Phi) is 4.26. The van der Waals surface area contributed by atoms with Gasteiger partial charge in [0.1, 0.15) is 16.9 Å². The van der Waals surface area contributed by atoms with Gasteiger partial charge in [-0.25, -0.2) is 4.79 Å². The van der Waals surface area contributed by atoms with E-state index in [4.69, 9.17) is 4.74 Å². The Morgan fingerprint density at radius 3 is 2.61 bits per heavy atom. The van der Waals surface area contributed by atoms with Crippen molar-refractivity contribution >= 4 is 16.7 Å². The average molecular weight is 313 g/mol. The summed E-state index contributed by atoms with van der Waals surface area (Å²) < 4.78 is 5.83. The number of phenolic OH excluding ortho intramolecular Hbond substituents is 1. The Hall–Kier alpha value is -2.07. The number of fused-ring (bicyclic) bond motifs is 1. The minimum absolute atomic E-state index is 0.0326. The molecular formula is C19H23NO3. The Balaban J connectivity index is 1.90. The summed E-state index contributed by atoms with van der Waals surface area (Å²) in [6.07, 6.45) is 1.98. The largest absolute Gasteiger partial charge is 0.507 e. The molecule has 3 rings (SSSR count). The summed E-state index contributed by atoms with van der Waals surface area (Å²) in [5.74, 6) is -0.164. The van der Waals surface area contributed by atoms with Crippen molar-refractivity contribution in [1.29, 1.82) is 0 Å². The molecule has 0 saturated carbocycles. The summed E-state index contributed by atoms with van der Waals surface area (Å²) in [4.78, 5) is 12.7. The van der Waals surface area contributed by atoms with E-state index in [0.717, 1.165) is 36.7 Å². The third-order valence-electron chi connectivity index (χ3n) is 4.79. The third kappa shape index (κ3) is 3.17. The van der Waals surface area contributed by atoms with Crippen molar-refractivity contribution < 1.29 is 14.6 Å². The van der Waals surface area contributed by atoms with Gasteiger partial charge in [0, 0.05) is 5.92 Å². The van der Waals surface area contributed by atoms with E-state index in [1.807, 2.05) is 38.1 Å². The van der Waals surface area contributed by atoms with Gasteiger partial charge in [0.25, 0.3) is 0 Å². The van der Waals surface area contributed by atoms with Crippen LogP contribution in [0.25, 0.3) is 10.8 Å². The van der Waals surface area contributed by atoms with Crippen molar-refractivity contribution in [2.75, 3.05) is 13.1 Å². The molecule has 0 amide bonds. The van der Waals surface area contributed by atoms with Gasteiger partial charge in [0.2, 0.25) is 0 Å². The number of phenols is 1. The lowest BCUT2D eigenvalue weighted by atomic mass is 9.83. The van der Waals surface area contributed by atoms with Crippen molar-refractivity contribution in [2.24, 2.45) is 5.92 Å². The maximum Gasteiger partial charge on any atom is 0.343 e. The Bertz CT molecular complexity index is 718. The first kappa shape index (κ1) is 15.8. The second kappa shape index (κ2) is 6.20. The van der Waals surface area contributed by atoms with Crippen molar-refractivity contribution in [3.05, 3.63) is 42.0 Å². The van der Waals surface area contributed by atoms with Crippen molar-refractivity contribution in [3.8, 4) is 5.75 Å². The molecule has 0 bridgehead atoms. The lowest BCUT2D eigenvalue weighted by Gasteiger charge is -2.36. The molecule has 1 aliphatic rings. The molecule has 2 N–H and O–H groups in total. The maximum atomic E-state index is 12.7. The highest BCUT2D eigenvalue weighted by atomic mass is 16.6. The topological polar surface area (TPSA) is 58.6 Å². The van der Waals surface area contributed by atoms with E-state index in [0.29, 0.717) is 5.92 Å². The van der Waals surface area contributed by atoms with Crippen LogP contribution in [-0.2, 0) is 4.74 Å². The number of rotatable bonds is 3. The quantitative estimate of drug-likeness (QED) is 0.852. The SMILES string of the molecule is CC(C)(OC(=O)c1c(O)ccc2ccccc12)C1CCNCC1. The zero-order valence-corrected chi connectivity index (χ0v) is 13.6. The van der Waals surface area contributed by atoms with Crippen LogP contribution in [0.2, 0.25) is 0 Å². The fourth-order valence-corrected chi connectivity index (χ4v) is 3.36. The lowest BCUT2D eigenvalue weighted by Crippen LogP contribution is -2.42. The predicted molar refractivity (Wildman–Crippen MR) is 90.7 cm³/mol. The number of esters is 1. The molecule has 0 aliphatic carbocycles. The molecule has 1 heterocycles. The lowest BCUT2D eigenvalue weighted by molar-refractivity contribution is -0.0368. The van der Waals surface area contributed by atoms with Gasteiger partial charge in [0.15, 0.2) is 0 Å². The average Bonchev–Trinajstić information content (AvgIpc) is 2.55. The molecule has 1 fully saturated rings. The Morgan fingerprint density at radius 2 is 1.87 bits per heavy atom. The van der Waals surface area contributed by atoms with E-state index in [9.17, 15) is 9.90 Å². The number of benzene rings is 2. The second-order valence-electron chi connectivity index (χ2n) is 6.70. The zero-order valence-electron chi connectivity index (χ0n) is 13.6. The molecule has 4 heteroatoms. The number of piperidine rings is 1. The van der Waals surface area contributed by atoms with Crippen LogP contribution < -0.4 is 5.32 Å². The number of carbonyl (C=O) groups excluding carboxylic acids is 1. The highest BCUT2D eigenvalue weighted by molar-refractivity contribution is 6.07. The van der Waals surface area contributed by atoms with Crippen LogP contribution in [0.1, 0.15) is 37.0 Å². The first-order valence-electron chi connectivity index (χ1n) is 8.14. The summed E-state index contributed by atoms with van der Waals surface area (Å²) in [5, 5.41) is 15.1. The molecule has 122 valence electrons. The summed E-state index contributed by atoms with van der Waals surface area (Å²) in [6, 6.07) is 10.9. The molecule has 0 radical (unpaired) electrons. The van der Waals surface area contributed by atoms with E-state index < -0.39 is 11.6 Å². The van der Waals surface area contributed by atoms with Crippen LogP contribution in [-0.4, -0.2) is 29.8 Å². The van der Waals surface area contributed by atoms with Crippen LogP contribution in [0.5, 0.6) is 5.75 Å². The Morgan fingerprint density at radius 1 is 1.17 bits per heavy atom. The van der Waals surface area contributed by atoms with Gasteiger partial charge in [-0.1, -0.05) is 30.3 Å². The molecule has 1 saturated heterocycles. The highest BCUT2D eigenvalue weighted by Crippen LogP contribution is 2.33. The number of carbonyl (C=O) groups is 1. The molecule has 0 atom stereocenters. The molecule has 2 aromatic carbocycles. The molecular weight excluding hydrogens is 290 g/mol. The van der Waals surface area contributed by atoms with E-state index in [-0.39, 0.29) is 11.3 Å². The first-order valence-corrected chi connectivity index (χ1v) is 8.14. The third-order valence-corrected chi connectivity index (χ3v) is 4.79. The van der Waals surface area contributed by atoms with Crippen LogP contribution >= 0.6 is 0 Å². The van der Waals surface area contributed by atoms with Gasteiger partial charge >= 0.3 is 5.97 Å². The first-order chi connectivity index (χ1) is 11.0. The van der Waals surface area contributed by atoms with Crippen molar-refractivity contribution in [1.82, 2.24) is 5.32 Å². The van der Waals surface area contributed by atoms with Crippen LogP contribution in [0.4, 0.5) is 0 Å². The molecule has 1 aliphatic heterocycles. The summed E-state index contributed by atoms with van der Waals surface area (Å²) in [6.45, 7) is 5.82. The standard InChI is InChI=1S/C19H23NO3/c1-19(2,14-9-11-20-12-10-14)23-18(22)17-15-6-4-3-5-13(15)7-8-16(17)21/h3-8,14,20-21H,9-12H2,1-2H3. The zero-order chi connectivity index (χ0) is 16.4. The van der Waals surface area contributed by atoms with E-state index in [1.54, 1.807) is 12.1 Å². The summed E-state index contributed by atoms with van der Waals surface area (Å²) in [7, 11) is 0. The van der Waals surface area contributed by atoms with Gasteiger partial charge in [-0.2, -0.15) is 0 Å². The molecule has 2 aromatic rings. The van der Waals surface area contributed by atoms with Gasteiger partial charge in [0.05, 0.1) is 0 Å². The fraction of sp³-hybridized carbons (Fsp3) is 0.421. The maximum absolute atomic E-state index is 12.7. The van der Waals surface area contributed by atoms with Gasteiger partial charge < -0.3 is 15.2 Å². The van der Waals surface area contributed by atoms with Crippen LogP contribution in [0.3, 0.4) is 0 Å². The number of hydrogen-bond acceptors (Lipinski definition) is 4. The molecule has 0 spiro atoms. The number of hydrogen-bond donors (Lipinski definition) is 2. The minimum atomic E-state index is -0.553. The van der Waals surface area contributed by atoms with Crippen molar-refractivity contribution in [3.63, 3.8) is 0 Å². The van der Waals surface area contributed by atoms with Crippen LogP contribution in [0.15, 0.2) is 36.4 Å². The number of aromatic hydroxyl groups is 1.